The van der Waals surface area contributed by atoms with Gasteiger partial charge in [-0.15, -0.1) is 0 Å². The summed E-state index contributed by atoms with van der Waals surface area (Å²) in [6.07, 6.45) is 58.0. The molecule has 67 heavy (non-hydrogen) atoms. The third-order valence-electron chi connectivity index (χ3n) is 14.3. The fraction of sp³-hybridized carbons (Fsp3) is 0.951. The number of carbonyl (C=O) groups excluding carboxylic acids is 3. The lowest BCUT2D eigenvalue weighted by molar-refractivity contribution is -0.167. The van der Waals surface area contributed by atoms with E-state index in [1.54, 1.807) is 0 Å². The highest BCUT2D eigenvalue weighted by Crippen LogP contribution is 2.19. The Morgan fingerprint density at radius 1 is 0.313 bits per heavy atom. The number of carbonyl (C=O) groups is 3. The maximum Gasteiger partial charge on any atom is 0.306 e. The van der Waals surface area contributed by atoms with Gasteiger partial charge < -0.3 is 14.2 Å². The highest BCUT2D eigenvalue weighted by atomic mass is 16.6. The molecule has 0 aliphatic carbocycles. The maximum absolute atomic E-state index is 12.9. The highest BCUT2D eigenvalue weighted by molar-refractivity contribution is 5.71. The summed E-state index contributed by atoms with van der Waals surface area (Å²) >= 11 is 0. The molecule has 0 aliphatic rings. The number of hydrogen-bond donors (Lipinski definition) is 0. The van der Waals surface area contributed by atoms with Crippen molar-refractivity contribution in [2.24, 2.45) is 11.8 Å². The Morgan fingerprint density at radius 3 is 0.851 bits per heavy atom. The van der Waals surface area contributed by atoms with E-state index >= 15 is 0 Å². The smallest absolute Gasteiger partial charge is 0.306 e. The van der Waals surface area contributed by atoms with Crippen LogP contribution in [0.2, 0.25) is 0 Å². The van der Waals surface area contributed by atoms with Crippen molar-refractivity contribution in [2.75, 3.05) is 13.2 Å². The number of ether oxygens (including phenoxy) is 3. The van der Waals surface area contributed by atoms with E-state index in [1.165, 1.54) is 231 Å². The quantitative estimate of drug-likeness (QED) is 0.0343. The third-order valence-corrected chi connectivity index (χ3v) is 14.3. The summed E-state index contributed by atoms with van der Waals surface area (Å²) in [7, 11) is 0. The number of rotatable bonds is 55. The summed E-state index contributed by atoms with van der Waals surface area (Å²) in [5.41, 5.74) is 0. The molecule has 0 aromatic rings. The van der Waals surface area contributed by atoms with Crippen molar-refractivity contribution in [1.82, 2.24) is 0 Å². The molecule has 0 spiro atoms. The molecule has 0 aromatic heterocycles. The van der Waals surface area contributed by atoms with Gasteiger partial charge in [-0.1, -0.05) is 304 Å². The van der Waals surface area contributed by atoms with Gasteiger partial charge in [-0.25, -0.2) is 0 Å². The van der Waals surface area contributed by atoms with Crippen molar-refractivity contribution in [2.45, 2.75) is 349 Å². The fourth-order valence-electron chi connectivity index (χ4n) is 9.37. The first-order chi connectivity index (χ1) is 32.8. The topological polar surface area (TPSA) is 78.9 Å². The molecule has 6 heteroatoms. The van der Waals surface area contributed by atoms with Crippen LogP contribution in [0.3, 0.4) is 0 Å². The van der Waals surface area contributed by atoms with Crippen LogP contribution in [-0.2, 0) is 28.6 Å². The second-order valence-electron chi connectivity index (χ2n) is 21.7. The fourth-order valence-corrected chi connectivity index (χ4v) is 9.37. The van der Waals surface area contributed by atoms with Crippen LogP contribution < -0.4 is 0 Å². The van der Waals surface area contributed by atoms with Gasteiger partial charge in [0.25, 0.3) is 0 Å². The molecule has 0 saturated carbocycles. The number of unbranched alkanes of at least 4 members (excludes halogenated alkanes) is 39. The first-order valence-corrected chi connectivity index (χ1v) is 30.3. The van der Waals surface area contributed by atoms with Crippen LogP contribution in [0.25, 0.3) is 0 Å². The molecule has 0 amide bonds. The van der Waals surface area contributed by atoms with Crippen molar-refractivity contribution in [1.29, 1.82) is 0 Å². The summed E-state index contributed by atoms with van der Waals surface area (Å²) in [5, 5.41) is 0. The molecule has 0 bridgehead atoms. The van der Waals surface area contributed by atoms with E-state index in [4.69, 9.17) is 14.2 Å². The van der Waals surface area contributed by atoms with Crippen LogP contribution in [0.4, 0.5) is 0 Å². The Morgan fingerprint density at radius 2 is 0.567 bits per heavy atom. The minimum Gasteiger partial charge on any atom is -0.462 e. The molecule has 0 aliphatic heterocycles. The zero-order chi connectivity index (χ0) is 48.9. The van der Waals surface area contributed by atoms with Gasteiger partial charge in [0, 0.05) is 19.3 Å². The van der Waals surface area contributed by atoms with E-state index < -0.39 is 6.10 Å². The predicted octanol–water partition coefficient (Wildman–Crippen LogP) is 20.0. The highest BCUT2D eigenvalue weighted by Gasteiger charge is 2.19. The molecule has 0 radical (unpaired) electrons. The average Bonchev–Trinajstić information content (AvgIpc) is 3.31. The van der Waals surface area contributed by atoms with E-state index in [0.717, 1.165) is 69.6 Å². The van der Waals surface area contributed by atoms with Gasteiger partial charge in [-0.05, 0) is 31.1 Å². The number of esters is 3. The van der Waals surface area contributed by atoms with Crippen LogP contribution in [-0.4, -0.2) is 37.2 Å². The molecule has 0 N–H and O–H groups in total. The first-order valence-electron chi connectivity index (χ1n) is 30.3. The van der Waals surface area contributed by atoms with E-state index in [0.29, 0.717) is 19.3 Å². The van der Waals surface area contributed by atoms with Crippen LogP contribution in [0, 0.1) is 11.8 Å². The number of hydrogen-bond acceptors (Lipinski definition) is 6. The van der Waals surface area contributed by atoms with E-state index in [9.17, 15) is 14.4 Å². The molecule has 2 atom stereocenters. The van der Waals surface area contributed by atoms with Gasteiger partial charge in [0.05, 0.1) is 0 Å². The Bertz CT molecular complexity index is 1030. The summed E-state index contributed by atoms with van der Waals surface area (Å²) in [6, 6.07) is 0. The lowest BCUT2D eigenvalue weighted by atomic mass is 9.99. The van der Waals surface area contributed by atoms with Gasteiger partial charge in [-0.2, -0.15) is 0 Å². The van der Waals surface area contributed by atoms with Gasteiger partial charge >= 0.3 is 17.9 Å². The Labute approximate surface area is 418 Å². The molecule has 0 heterocycles. The Kier molecular flexibility index (Phi) is 52.5. The van der Waals surface area contributed by atoms with Crippen LogP contribution >= 0.6 is 0 Å². The summed E-state index contributed by atoms with van der Waals surface area (Å²) in [4.78, 5) is 38.2. The molecular formula is C61H118O6. The second kappa shape index (κ2) is 53.8. The molecule has 0 rings (SSSR count). The predicted molar refractivity (Wildman–Crippen MR) is 289 cm³/mol. The van der Waals surface area contributed by atoms with Crippen LogP contribution in [0.15, 0.2) is 0 Å². The monoisotopic (exact) mass is 947 g/mol. The summed E-state index contributed by atoms with van der Waals surface area (Å²) < 4.78 is 16.9. The maximum atomic E-state index is 12.9. The molecule has 0 fully saturated rings. The molecule has 0 aromatic carbocycles. The van der Waals surface area contributed by atoms with Crippen LogP contribution in [0.1, 0.15) is 343 Å². The molecule has 6 nitrogen and oxygen atoms in total. The zero-order valence-electron chi connectivity index (χ0n) is 46.0. The zero-order valence-corrected chi connectivity index (χ0v) is 46.0. The van der Waals surface area contributed by atoms with Crippen LogP contribution in [0.5, 0.6) is 0 Å². The molecule has 1 unspecified atom stereocenters. The van der Waals surface area contributed by atoms with E-state index in [-0.39, 0.29) is 31.1 Å². The van der Waals surface area contributed by atoms with Gasteiger partial charge in [0.15, 0.2) is 6.10 Å². The van der Waals surface area contributed by atoms with Crippen molar-refractivity contribution < 1.29 is 28.6 Å². The second-order valence-corrected chi connectivity index (χ2v) is 21.7. The van der Waals surface area contributed by atoms with E-state index in [2.05, 4.69) is 34.6 Å². The normalized spacial score (nSPS) is 12.4. The SMILES string of the molecule is CCCCCCCCCCCCCCCC(=O)OC[C@H](COC(=O)CCCCCCCCCCCCCCCCC(C)CC)OC(=O)CCCCCCCCCCCCCCCCCC(C)C. The Balaban J connectivity index is 4.28. The lowest BCUT2D eigenvalue weighted by Crippen LogP contribution is -2.30. The average molecular weight is 948 g/mol. The van der Waals surface area contributed by atoms with Crippen molar-refractivity contribution >= 4 is 17.9 Å². The summed E-state index contributed by atoms with van der Waals surface area (Å²) in [6.45, 7) is 11.5. The minimum atomic E-state index is -0.763. The van der Waals surface area contributed by atoms with Crippen molar-refractivity contribution in [3.63, 3.8) is 0 Å². The molecule has 398 valence electrons. The Hall–Kier alpha value is -1.59. The first kappa shape index (κ1) is 65.4. The van der Waals surface area contributed by atoms with Crippen molar-refractivity contribution in [3.05, 3.63) is 0 Å². The summed E-state index contributed by atoms with van der Waals surface area (Å²) in [5.74, 6) is 0.908. The van der Waals surface area contributed by atoms with Gasteiger partial charge in [0.1, 0.15) is 13.2 Å². The van der Waals surface area contributed by atoms with Gasteiger partial charge in [-0.3, -0.25) is 14.4 Å². The minimum absolute atomic E-state index is 0.0622. The standard InChI is InChI=1S/C61H118O6/c1-6-8-9-10-11-12-13-19-26-31-36-41-46-51-59(62)65-54-58(67-61(64)53-48-43-38-33-28-23-16-14-15-20-24-29-34-39-44-49-56(3)4)55-66-60(63)52-47-42-37-32-27-22-18-17-21-25-30-35-40-45-50-57(5)7-2/h56-58H,6-55H2,1-5H3/t57?,58-/m1/s1. The lowest BCUT2D eigenvalue weighted by Gasteiger charge is -2.18. The van der Waals surface area contributed by atoms with Crippen molar-refractivity contribution in [3.8, 4) is 0 Å². The largest absolute Gasteiger partial charge is 0.462 e. The van der Waals surface area contributed by atoms with E-state index in [1.807, 2.05) is 0 Å². The molecule has 0 saturated heterocycles. The third kappa shape index (κ3) is 53.6. The van der Waals surface area contributed by atoms with Gasteiger partial charge in [0.2, 0.25) is 0 Å². The molecular weight excluding hydrogens is 829 g/mol.